The highest BCUT2D eigenvalue weighted by Crippen LogP contribution is 2.28. The molecule has 1 aliphatic carbocycles. The molecule has 1 heterocycles. The molecule has 0 spiro atoms. The quantitative estimate of drug-likeness (QED) is 0.774. The number of rotatable bonds is 5. The van der Waals surface area contributed by atoms with Gasteiger partial charge in [-0.25, -0.2) is 0 Å². The number of nitriles is 1. The van der Waals surface area contributed by atoms with E-state index in [1.165, 1.54) is 30.6 Å². The second-order valence-electron chi connectivity index (χ2n) is 4.18. The molecular weight excluding hydrogens is 204 g/mol. The van der Waals surface area contributed by atoms with Gasteiger partial charge in [0.1, 0.15) is 6.07 Å². The maximum Gasteiger partial charge on any atom is 0.100 e. The molecular formula is C12H16N2S. The van der Waals surface area contributed by atoms with Crippen molar-refractivity contribution < 1.29 is 0 Å². The zero-order valence-corrected chi connectivity index (χ0v) is 9.65. The van der Waals surface area contributed by atoms with Gasteiger partial charge in [0.25, 0.3) is 0 Å². The number of nitrogens with zero attached hydrogens (tertiary/aromatic N) is 1. The Hall–Kier alpha value is -0.850. The molecule has 1 aromatic rings. The fourth-order valence-corrected chi connectivity index (χ4v) is 2.61. The van der Waals surface area contributed by atoms with Crippen LogP contribution in [0, 0.1) is 17.2 Å². The minimum Gasteiger partial charge on any atom is -0.312 e. The molecule has 0 bridgehead atoms. The molecule has 0 amide bonds. The van der Waals surface area contributed by atoms with Crippen LogP contribution in [0.2, 0.25) is 0 Å². The largest absolute Gasteiger partial charge is 0.312 e. The summed E-state index contributed by atoms with van der Waals surface area (Å²) in [6.07, 6.45) is 5.61. The van der Waals surface area contributed by atoms with Crippen LogP contribution in [-0.4, -0.2) is 6.54 Å². The molecule has 0 saturated heterocycles. The second kappa shape index (κ2) is 5.29. The van der Waals surface area contributed by atoms with Crippen LogP contribution >= 0.6 is 11.3 Å². The standard InChI is InChI=1S/C12H16N2S/c13-7-11-6-12(15-9-11)8-14-5-4-10-2-1-3-10/h6,9-10,14H,1-5,8H2. The number of hydrogen-bond donors (Lipinski definition) is 1. The average Bonchev–Trinajstić information content (AvgIpc) is 2.62. The molecule has 0 radical (unpaired) electrons. The van der Waals surface area contributed by atoms with Crippen LogP contribution in [0.4, 0.5) is 0 Å². The molecule has 0 atom stereocenters. The lowest BCUT2D eigenvalue weighted by Gasteiger charge is -2.25. The molecule has 15 heavy (non-hydrogen) atoms. The van der Waals surface area contributed by atoms with Gasteiger partial charge in [-0.3, -0.25) is 0 Å². The molecule has 0 aromatic carbocycles. The van der Waals surface area contributed by atoms with Gasteiger partial charge in [0, 0.05) is 16.8 Å². The van der Waals surface area contributed by atoms with E-state index in [1.54, 1.807) is 11.3 Å². The van der Waals surface area contributed by atoms with E-state index in [0.29, 0.717) is 0 Å². The lowest BCUT2D eigenvalue weighted by Crippen LogP contribution is -2.20. The summed E-state index contributed by atoms with van der Waals surface area (Å²) < 4.78 is 0. The topological polar surface area (TPSA) is 35.8 Å². The first-order chi connectivity index (χ1) is 7.38. The SMILES string of the molecule is N#Cc1csc(CNCCC2CCC2)c1. The number of thiophene rings is 1. The van der Waals surface area contributed by atoms with Crippen molar-refractivity contribution in [2.75, 3.05) is 6.54 Å². The second-order valence-corrected chi connectivity index (χ2v) is 5.17. The predicted molar refractivity (Wildman–Crippen MR) is 62.7 cm³/mol. The van der Waals surface area contributed by atoms with Crippen LogP contribution in [0.1, 0.15) is 36.1 Å². The van der Waals surface area contributed by atoms with Gasteiger partial charge in [0.15, 0.2) is 0 Å². The summed E-state index contributed by atoms with van der Waals surface area (Å²) in [4.78, 5) is 1.26. The molecule has 3 heteroatoms. The Labute approximate surface area is 94.9 Å². The van der Waals surface area contributed by atoms with E-state index in [9.17, 15) is 0 Å². The van der Waals surface area contributed by atoms with Crippen molar-refractivity contribution in [3.63, 3.8) is 0 Å². The maximum absolute atomic E-state index is 8.67. The van der Waals surface area contributed by atoms with E-state index in [2.05, 4.69) is 11.4 Å². The third kappa shape index (κ3) is 3.05. The minimum absolute atomic E-state index is 0.788. The van der Waals surface area contributed by atoms with Crippen molar-refractivity contribution in [2.45, 2.75) is 32.2 Å². The summed E-state index contributed by atoms with van der Waals surface area (Å²) in [5.74, 6) is 0.982. The first-order valence-corrected chi connectivity index (χ1v) is 6.44. The van der Waals surface area contributed by atoms with Gasteiger partial charge in [0.2, 0.25) is 0 Å². The van der Waals surface area contributed by atoms with Crippen molar-refractivity contribution in [1.29, 1.82) is 5.26 Å². The summed E-state index contributed by atoms with van der Waals surface area (Å²) >= 11 is 1.67. The summed E-state index contributed by atoms with van der Waals surface area (Å²) in [5.41, 5.74) is 0.788. The van der Waals surface area contributed by atoms with Crippen molar-refractivity contribution >= 4 is 11.3 Å². The third-order valence-electron chi connectivity index (χ3n) is 3.04. The normalized spacial score (nSPS) is 15.9. The summed E-state index contributed by atoms with van der Waals surface area (Å²) in [6.45, 7) is 2.03. The molecule has 0 unspecified atom stereocenters. The fraction of sp³-hybridized carbons (Fsp3) is 0.583. The highest BCUT2D eigenvalue weighted by Gasteiger charge is 2.16. The van der Waals surface area contributed by atoms with Gasteiger partial charge in [0.05, 0.1) is 5.56 Å². The molecule has 1 aliphatic rings. The first kappa shape index (κ1) is 10.7. The minimum atomic E-state index is 0.788. The summed E-state index contributed by atoms with van der Waals surface area (Å²) in [7, 11) is 0. The van der Waals surface area contributed by atoms with Crippen LogP contribution in [-0.2, 0) is 6.54 Å². The monoisotopic (exact) mass is 220 g/mol. The summed E-state index contributed by atoms with van der Waals surface area (Å²) in [5, 5.41) is 14.0. The van der Waals surface area contributed by atoms with E-state index in [4.69, 9.17) is 5.26 Å². The Balaban J connectivity index is 1.62. The molecule has 0 aliphatic heterocycles. The van der Waals surface area contributed by atoms with Crippen molar-refractivity contribution in [2.24, 2.45) is 5.92 Å². The van der Waals surface area contributed by atoms with Gasteiger partial charge < -0.3 is 5.32 Å². The van der Waals surface area contributed by atoms with Gasteiger partial charge >= 0.3 is 0 Å². The zero-order valence-electron chi connectivity index (χ0n) is 8.83. The Bertz CT molecular complexity index is 347. The Morgan fingerprint density at radius 2 is 2.40 bits per heavy atom. The van der Waals surface area contributed by atoms with Crippen LogP contribution in [0.15, 0.2) is 11.4 Å². The highest BCUT2D eigenvalue weighted by molar-refractivity contribution is 7.10. The molecule has 2 rings (SSSR count). The molecule has 1 N–H and O–H groups in total. The average molecular weight is 220 g/mol. The van der Waals surface area contributed by atoms with E-state index in [0.717, 1.165) is 24.6 Å². The Morgan fingerprint density at radius 3 is 3.00 bits per heavy atom. The number of hydrogen-bond acceptors (Lipinski definition) is 3. The molecule has 1 saturated carbocycles. The third-order valence-corrected chi connectivity index (χ3v) is 3.97. The van der Waals surface area contributed by atoms with Crippen molar-refractivity contribution in [1.82, 2.24) is 5.32 Å². The van der Waals surface area contributed by atoms with Gasteiger partial charge in [-0.15, -0.1) is 11.3 Å². The van der Waals surface area contributed by atoms with E-state index >= 15 is 0 Å². The van der Waals surface area contributed by atoms with Gasteiger partial charge in [-0.2, -0.15) is 5.26 Å². The molecule has 1 fully saturated rings. The lowest BCUT2D eigenvalue weighted by atomic mass is 9.83. The van der Waals surface area contributed by atoms with E-state index < -0.39 is 0 Å². The zero-order chi connectivity index (χ0) is 10.5. The molecule has 2 nitrogen and oxygen atoms in total. The smallest absolute Gasteiger partial charge is 0.100 e. The van der Waals surface area contributed by atoms with Crippen LogP contribution < -0.4 is 5.32 Å². The highest BCUT2D eigenvalue weighted by atomic mass is 32.1. The Morgan fingerprint density at radius 1 is 1.53 bits per heavy atom. The van der Waals surface area contributed by atoms with Crippen LogP contribution in [0.5, 0.6) is 0 Å². The molecule has 1 aromatic heterocycles. The van der Waals surface area contributed by atoms with Crippen molar-refractivity contribution in [3.8, 4) is 6.07 Å². The van der Waals surface area contributed by atoms with Crippen molar-refractivity contribution in [3.05, 3.63) is 21.9 Å². The first-order valence-electron chi connectivity index (χ1n) is 5.56. The van der Waals surface area contributed by atoms with Crippen LogP contribution in [0.25, 0.3) is 0 Å². The maximum atomic E-state index is 8.67. The van der Waals surface area contributed by atoms with Gasteiger partial charge in [-0.05, 0) is 24.9 Å². The van der Waals surface area contributed by atoms with Gasteiger partial charge in [-0.1, -0.05) is 19.3 Å². The van der Waals surface area contributed by atoms with Crippen LogP contribution in [0.3, 0.4) is 0 Å². The number of nitrogens with one attached hydrogen (secondary N) is 1. The lowest BCUT2D eigenvalue weighted by molar-refractivity contribution is 0.292. The Kier molecular flexibility index (Phi) is 3.76. The van der Waals surface area contributed by atoms with E-state index in [-0.39, 0.29) is 0 Å². The summed E-state index contributed by atoms with van der Waals surface area (Å²) in [6, 6.07) is 4.13. The fourth-order valence-electron chi connectivity index (χ4n) is 1.83. The predicted octanol–water partition coefficient (Wildman–Crippen LogP) is 2.90. The van der Waals surface area contributed by atoms with E-state index in [1.807, 2.05) is 11.4 Å². The molecule has 80 valence electrons.